The predicted octanol–water partition coefficient (Wildman–Crippen LogP) is 3.48. The molecule has 1 aromatic heterocycles. The third-order valence-electron chi connectivity index (χ3n) is 2.17. The van der Waals surface area contributed by atoms with Crippen LogP contribution in [0.5, 0.6) is 0 Å². The van der Waals surface area contributed by atoms with Gasteiger partial charge in [-0.2, -0.15) is 11.8 Å². The highest BCUT2D eigenvalue weighted by atomic mass is 79.9. The van der Waals surface area contributed by atoms with Gasteiger partial charge in [0.05, 0.1) is 0 Å². The summed E-state index contributed by atoms with van der Waals surface area (Å²) in [5.41, 5.74) is 0. The third kappa shape index (κ3) is 3.44. The molecule has 1 rings (SSSR count). The minimum Gasteiger partial charge on any atom is -0.348 e. The summed E-state index contributed by atoms with van der Waals surface area (Å²) < 4.78 is 0.932. The lowest BCUT2D eigenvalue weighted by atomic mass is 10.2. The Balaban J connectivity index is 2.51. The van der Waals surface area contributed by atoms with Gasteiger partial charge in [-0.3, -0.25) is 0 Å². The first-order valence-electron chi connectivity index (χ1n) is 4.48. The van der Waals surface area contributed by atoms with E-state index < -0.39 is 0 Å². The van der Waals surface area contributed by atoms with Crippen LogP contribution in [0.4, 0.5) is 5.13 Å². The Bertz CT molecular complexity index is 278. The van der Waals surface area contributed by atoms with Gasteiger partial charge in [-0.05, 0) is 41.3 Å². The molecule has 1 atom stereocenters. The number of thioether (sulfide) groups is 1. The number of hydrogen-bond donors (Lipinski definition) is 0. The van der Waals surface area contributed by atoms with E-state index in [9.17, 15) is 0 Å². The van der Waals surface area contributed by atoms with Crippen molar-refractivity contribution in [1.82, 2.24) is 4.98 Å². The Morgan fingerprint density at radius 2 is 2.43 bits per heavy atom. The lowest BCUT2D eigenvalue weighted by Crippen LogP contribution is -2.29. The number of halogens is 1. The highest BCUT2D eigenvalue weighted by Gasteiger charge is 2.12. The van der Waals surface area contributed by atoms with Crippen molar-refractivity contribution in [3.63, 3.8) is 0 Å². The van der Waals surface area contributed by atoms with Gasteiger partial charge in [0.2, 0.25) is 0 Å². The molecule has 0 saturated carbocycles. The lowest BCUT2D eigenvalue weighted by Gasteiger charge is -2.23. The van der Waals surface area contributed by atoms with Crippen LogP contribution < -0.4 is 4.90 Å². The zero-order valence-corrected chi connectivity index (χ0v) is 11.9. The highest BCUT2D eigenvalue weighted by Crippen LogP contribution is 2.24. The van der Waals surface area contributed by atoms with Crippen LogP contribution in [0.15, 0.2) is 9.98 Å². The van der Waals surface area contributed by atoms with E-state index in [0.29, 0.717) is 6.04 Å². The van der Waals surface area contributed by atoms with Crippen molar-refractivity contribution in [2.45, 2.75) is 19.4 Å². The number of nitrogens with zero attached hydrogens (tertiary/aromatic N) is 2. The van der Waals surface area contributed by atoms with Gasteiger partial charge >= 0.3 is 0 Å². The molecule has 0 amide bonds. The van der Waals surface area contributed by atoms with Crippen LogP contribution in [0, 0.1) is 0 Å². The molecule has 1 aromatic rings. The van der Waals surface area contributed by atoms with Crippen LogP contribution in [0.2, 0.25) is 0 Å². The van der Waals surface area contributed by atoms with Crippen LogP contribution in [0.3, 0.4) is 0 Å². The van der Waals surface area contributed by atoms with Crippen molar-refractivity contribution in [3.05, 3.63) is 9.98 Å². The van der Waals surface area contributed by atoms with Crippen LogP contribution in [0.25, 0.3) is 0 Å². The van der Waals surface area contributed by atoms with E-state index in [1.165, 1.54) is 12.2 Å². The van der Waals surface area contributed by atoms with E-state index in [4.69, 9.17) is 0 Å². The summed E-state index contributed by atoms with van der Waals surface area (Å²) in [4.78, 5) is 6.64. The van der Waals surface area contributed by atoms with E-state index >= 15 is 0 Å². The second-order valence-electron chi connectivity index (χ2n) is 3.19. The largest absolute Gasteiger partial charge is 0.348 e. The van der Waals surface area contributed by atoms with E-state index in [1.54, 1.807) is 11.3 Å². The van der Waals surface area contributed by atoms with Crippen LogP contribution in [-0.2, 0) is 0 Å². The second-order valence-corrected chi connectivity index (χ2v) is 5.83. The topological polar surface area (TPSA) is 16.1 Å². The van der Waals surface area contributed by atoms with Gasteiger partial charge in [0.25, 0.3) is 0 Å². The molecule has 0 aliphatic heterocycles. The number of aromatic nitrogens is 1. The van der Waals surface area contributed by atoms with Crippen LogP contribution in [0.1, 0.15) is 13.3 Å². The summed E-state index contributed by atoms with van der Waals surface area (Å²) in [6.45, 7) is 2.24. The molecule has 1 unspecified atom stereocenters. The maximum atomic E-state index is 4.39. The first-order valence-corrected chi connectivity index (χ1v) is 7.54. The lowest BCUT2D eigenvalue weighted by molar-refractivity contribution is 0.667. The van der Waals surface area contributed by atoms with Crippen molar-refractivity contribution >= 4 is 44.2 Å². The van der Waals surface area contributed by atoms with Crippen molar-refractivity contribution in [2.75, 3.05) is 24.0 Å². The van der Waals surface area contributed by atoms with Gasteiger partial charge in [0, 0.05) is 18.5 Å². The van der Waals surface area contributed by atoms with Gasteiger partial charge < -0.3 is 4.90 Å². The number of anilines is 1. The zero-order chi connectivity index (χ0) is 10.6. The smallest absolute Gasteiger partial charge is 0.186 e. The molecule has 14 heavy (non-hydrogen) atoms. The van der Waals surface area contributed by atoms with Crippen LogP contribution in [-0.4, -0.2) is 30.1 Å². The molecule has 2 nitrogen and oxygen atoms in total. The minimum atomic E-state index is 0.556. The molecule has 0 bridgehead atoms. The monoisotopic (exact) mass is 294 g/mol. The molecule has 0 saturated heterocycles. The normalized spacial score (nSPS) is 12.9. The second kappa shape index (κ2) is 5.98. The van der Waals surface area contributed by atoms with E-state index in [1.807, 2.05) is 17.1 Å². The Kier molecular flexibility index (Phi) is 5.26. The molecule has 0 fully saturated rings. The Hall–Kier alpha value is 0.260. The first kappa shape index (κ1) is 12.3. The molecular formula is C9H15BrN2S2. The Morgan fingerprint density at radius 3 is 2.93 bits per heavy atom. The average molecular weight is 295 g/mol. The van der Waals surface area contributed by atoms with Gasteiger partial charge in [-0.1, -0.05) is 0 Å². The highest BCUT2D eigenvalue weighted by molar-refractivity contribution is 9.10. The quantitative estimate of drug-likeness (QED) is 0.827. The fourth-order valence-electron chi connectivity index (χ4n) is 1.08. The van der Waals surface area contributed by atoms with E-state index in [-0.39, 0.29) is 0 Å². The maximum Gasteiger partial charge on any atom is 0.186 e. The molecule has 0 radical (unpaired) electrons. The third-order valence-corrected chi connectivity index (χ3v) is 4.45. The summed E-state index contributed by atoms with van der Waals surface area (Å²) in [5, 5.41) is 3.11. The SMILES string of the molecule is CSCCC(C)N(C)c1nc(Br)cs1. The number of thiazole rings is 1. The molecule has 80 valence electrons. The molecular weight excluding hydrogens is 280 g/mol. The fraction of sp³-hybridized carbons (Fsp3) is 0.667. The van der Waals surface area contributed by atoms with Crippen molar-refractivity contribution in [3.8, 4) is 0 Å². The van der Waals surface area contributed by atoms with E-state index in [0.717, 1.165) is 9.73 Å². The maximum absolute atomic E-state index is 4.39. The molecule has 5 heteroatoms. The fourth-order valence-corrected chi connectivity index (χ4v) is 2.97. The first-order chi connectivity index (χ1) is 6.65. The van der Waals surface area contributed by atoms with Crippen molar-refractivity contribution in [2.24, 2.45) is 0 Å². The Labute approximate surface area is 102 Å². The summed E-state index contributed by atoms with van der Waals surface area (Å²) in [7, 11) is 2.11. The van der Waals surface area contributed by atoms with Gasteiger partial charge in [-0.25, -0.2) is 4.98 Å². The molecule has 0 spiro atoms. The Morgan fingerprint density at radius 1 is 1.71 bits per heavy atom. The summed E-state index contributed by atoms with van der Waals surface area (Å²) in [6, 6.07) is 0.556. The zero-order valence-electron chi connectivity index (χ0n) is 8.66. The average Bonchev–Trinajstić information content (AvgIpc) is 2.60. The van der Waals surface area contributed by atoms with E-state index in [2.05, 4.69) is 46.0 Å². The molecule has 0 N–H and O–H groups in total. The number of rotatable bonds is 5. The van der Waals surface area contributed by atoms with Gasteiger partial charge in [-0.15, -0.1) is 11.3 Å². The molecule has 0 aliphatic carbocycles. The summed E-state index contributed by atoms with van der Waals surface area (Å²) in [5.74, 6) is 1.21. The molecule has 1 heterocycles. The van der Waals surface area contributed by atoms with Crippen molar-refractivity contribution in [1.29, 1.82) is 0 Å². The molecule has 0 aromatic carbocycles. The standard InChI is InChI=1S/C9H15BrN2S2/c1-7(4-5-13-3)12(2)9-11-8(10)6-14-9/h6-7H,4-5H2,1-3H3. The van der Waals surface area contributed by atoms with Gasteiger partial charge in [0.15, 0.2) is 5.13 Å². The molecule has 0 aliphatic rings. The van der Waals surface area contributed by atoms with Gasteiger partial charge in [0.1, 0.15) is 4.60 Å². The van der Waals surface area contributed by atoms with Crippen molar-refractivity contribution < 1.29 is 0 Å². The summed E-state index contributed by atoms with van der Waals surface area (Å²) >= 11 is 6.95. The summed E-state index contributed by atoms with van der Waals surface area (Å²) in [6.07, 6.45) is 3.35. The van der Waals surface area contributed by atoms with Crippen LogP contribution >= 0.6 is 39.0 Å². The minimum absolute atomic E-state index is 0.556. The number of hydrogen-bond acceptors (Lipinski definition) is 4. The predicted molar refractivity (Wildman–Crippen MR) is 70.7 cm³/mol.